The SMILES string of the molecule is C=CCCCCCCCCCCC=CC(O)C(O)C1OC(C(O)C(O)C(=C)CCC(O)C2OC(C(O)C(O)C=C(C)CC(O)C(O)C(O)CC(O)C(O)C(O)C(C)CC(O)C(O)CC(C)C=CCCC=CC(=O)CC(O)CCCCC(O)CCCC(O)CO)C(O)C(O)C2O)CC(O)C1O. The number of ether oxygens (including phenoxy) is 2. The first-order valence-electron chi connectivity index (χ1n) is 36.2. The quantitative estimate of drug-likeness (QED) is 0.0208. The van der Waals surface area contributed by atoms with Crippen LogP contribution in [0.25, 0.3) is 0 Å². The van der Waals surface area contributed by atoms with Crippen molar-refractivity contribution >= 4 is 5.78 Å². The van der Waals surface area contributed by atoms with Gasteiger partial charge in [0.2, 0.25) is 0 Å². The molecular formula is C73H130O27. The Hall–Kier alpha value is -2.93. The predicted octanol–water partition coefficient (Wildman–Crippen LogP) is -0.455. The fourth-order valence-corrected chi connectivity index (χ4v) is 12.7. The van der Waals surface area contributed by atoms with Gasteiger partial charge < -0.3 is 132 Å². The molecule has 0 amide bonds. The Labute approximate surface area is 590 Å². The minimum Gasteiger partial charge on any atom is -0.394 e. The minimum atomic E-state index is -2.09. The van der Waals surface area contributed by atoms with E-state index < -0.39 is 190 Å². The van der Waals surface area contributed by atoms with Gasteiger partial charge in [0.15, 0.2) is 5.78 Å². The second-order valence-electron chi connectivity index (χ2n) is 28.4. The molecule has 0 saturated carbocycles. The van der Waals surface area contributed by atoms with Crippen LogP contribution in [0.5, 0.6) is 0 Å². The fourth-order valence-electron chi connectivity index (χ4n) is 12.7. The van der Waals surface area contributed by atoms with Crippen LogP contribution in [0.4, 0.5) is 0 Å². The first-order valence-corrected chi connectivity index (χ1v) is 36.2. The summed E-state index contributed by atoms with van der Waals surface area (Å²) >= 11 is 0. The van der Waals surface area contributed by atoms with E-state index in [0.29, 0.717) is 64.2 Å². The van der Waals surface area contributed by atoms with Gasteiger partial charge >= 0.3 is 0 Å². The van der Waals surface area contributed by atoms with Crippen molar-refractivity contribution in [3.8, 4) is 0 Å². The van der Waals surface area contributed by atoms with Crippen LogP contribution in [-0.2, 0) is 14.3 Å². The molecule has 584 valence electrons. The summed E-state index contributed by atoms with van der Waals surface area (Å²) in [6, 6.07) is 0. The third kappa shape index (κ3) is 34.5. The van der Waals surface area contributed by atoms with Gasteiger partial charge in [0, 0.05) is 19.3 Å². The van der Waals surface area contributed by atoms with Crippen LogP contribution in [0.15, 0.2) is 72.9 Å². The largest absolute Gasteiger partial charge is 0.394 e. The van der Waals surface area contributed by atoms with Crippen LogP contribution in [0.1, 0.15) is 194 Å². The zero-order chi connectivity index (χ0) is 75.3. The summed E-state index contributed by atoms with van der Waals surface area (Å²) in [7, 11) is 0. The highest BCUT2D eigenvalue weighted by molar-refractivity contribution is 5.89. The molecule has 27 heteroatoms. The number of unbranched alkanes of at least 4 members (excludes halogenated alkanes) is 11. The normalized spacial score (nSPS) is 27.3. The van der Waals surface area contributed by atoms with Crippen LogP contribution < -0.4 is 0 Å². The van der Waals surface area contributed by atoms with E-state index >= 15 is 0 Å². The van der Waals surface area contributed by atoms with Crippen molar-refractivity contribution in [2.45, 2.75) is 359 Å². The molecular weight excluding hydrogens is 1310 g/mol. The molecule has 0 aromatic heterocycles. The summed E-state index contributed by atoms with van der Waals surface area (Å²) in [5.74, 6) is -1.35. The molecule has 27 nitrogen and oxygen atoms in total. The van der Waals surface area contributed by atoms with Crippen molar-refractivity contribution in [3.63, 3.8) is 0 Å². The van der Waals surface area contributed by atoms with Crippen molar-refractivity contribution in [2.75, 3.05) is 6.61 Å². The first-order chi connectivity index (χ1) is 47.2. The molecule has 2 aliphatic rings. The zero-order valence-electron chi connectivity index (χ0n) is 59.0. The maximum Gasteiger partial charge on any atom is 0.157 e. The van der Waals surface area contributed by atoms with Gasteiger partial charge in [-0.1, -0.05) is 120 Å². The van der Waals surface area contributed by atoms with Crippen LogP contribution in [-0.4, -0.2) is 300 Å². The molecule has 2 rings (SSSR count). The standard InChI is InChI=1S/C73H130O27/c1-6-7-8-9-10-11-12-13-14-15-16-21-31-50(79)64(92)72-66(94)58(87)40-59(99-72)67(95)60(88)44(4)32-33-51(80)71-69(97)68(96)70(98)73(100-71)65(93)55(84)36-43(3)35-54(83)62(90)56(85)39-57(86)63(91)61(89)45(5)37-53(82)52(81)34-42(2)25-19-17-18-20-27-47(76)38-48(77)28-23-22-26-46(75)29-24-30-49(78)41-74/h6,19-21,25,27,31,36,42,45-46,48-75,77-98H,1,4,7-18,22-24,26,28-30,32-35,37-41H2,2-3,5H3. The molecule has 0 aromatic rings. The molecule has 2 aliphatic heterocycles. The number of carbonyl (C=O) groups excluding carboxylic acids is 1. The van der Waals surface area contributed by atoms with E-state index in [1.807, 2.05) is 25.2 Å². The number of rotatable bonds is 55. The van der Waals surface area contributed by atoms with Crippen LogP contribution >= 0.6 is 0 Å². The van der Waals surface area contributed by atoms with Gasteiger partial charge in [-0.3, -0.25) is 4.79 Å². The molecule has 29 atom stereocenters. The molecule has 2 fully saturated rings. The summed E-state index contributed by atoms with van der Waals surface area (Å²) in [6.45, 7) is 11.8. The Balaban J connectivity index is 1.84. The summed E-state index contributed by atoms with van der Waals surface area (Å²) in [6.07, 6.45) is -19.1. The second kappa shape index (κ2) is 50.5. The first kappa shape index (κ1) is 93.2. The molecule has 100 heavy (non-hydrogen) atoms. The van der Waals surface area contributed by atoms with E-state index in [1.165, 1.54) is 38.8 Å². The van der Waals surface area contributed by atoms with Crippen molar-refractivity contribution in [1.29, 1.82) is 0 Å². The lowest BCUT2D eigenvalue weighted by Crippen LogP contribution is -2.64. The number of hydrogen-bond donors (Lipinski definition) is 24. The molecule has 2 heterocycles. The summed E-state index contributed by atoms with van der Waals surface area (Å²) in [5.41, 5.74) is -0.0273. The van der Waals surface area contributed by atoms with E-state index in [0.717, 1.165) is 51.0 Å². The molecule has 0 aromatic carbocycles. The van der Waals surface area contributed by atoms with Crippen molar-refractivity contribution in [1.82, 2.24) is 0 Å². The molecule has 0 bridgehead atoms. The third-order valence-electron chi connectivity index (χ3n) is 19.3. The molecule has 0 spiro atoms. The lowest BCUT2D eigenvalue weighted by Gasteiger charge is -2.44. The van der Waals surface area contributed by atoms with Crippen molar-refractivity contribution in [2.24, 2.45) is 11.8 Å². The fraction of sp³-hybridized carbons (Fsp3) is 0.822. The Morgan fingerprint density at radius 3 is 1.65 bits per heavy atom. The van der Waals surface area contributed by atoms with Gasteiger partial charge in [-0.05, 0) is 133 Å². The molecule has 0 aliphatic carbocycles. The maximum atomic E-state index is 12.3. The number of carbonyl (C=O) groups is 1. The minimum absolute atomic E-state index is 0.0306. The Kier molecular flexibility index (Phi) is 47.1. The highest BCUT2D eigenvalue weighted by atomic mass is 16.6. The average Bonchev–Trinajstić information content (AvgIpc) is 0.801. The zero-order valence-corrected chi connectivity index (χ0v) is 59.0. The second-order valence-corrected chi connectivity index (χ2v) is 28.4. The predicted molar refractivity (Wildman–Crippen MR) is 371 cm³/mol. The number of hydrogen-bond acceptors (Lipinski definition) is 27. The molecule has 29 unspecified atom stereocenters. The van der Waals surface area contributed by atoms with Crippen LogP contribution in [0.3, 0.4) is 0 Å². The Morgan fingerprint density at radius 2 is 1.02 bits per heavy atom. The monoisotopic (exact) mass is 1440 g/mol. The van der Waals surface area contributed by atoms with E-state index in [-0.39, 0.29) is 61.6 Å². The Bertz CT molecular complexity index is 2310. The highest BCUT2D eigenvalue weighted by Crippen LogP contribution is 2.33. The lowest BCUT2D eigenvalue weighted by molar-refractivity contribution is -0.267. The molecule has 24 N–H and O–H groups in total. The van der Waals surface area contributed by atoms with E-state index in [4.69, 9.17) is 14.6 Å². The van der Waals surface area contributed by atoms with Crippen molar-refractivity contribution in [3.05, 3.63) is 72.9 Å². The molecule has 2 saturated heterocycles. The van der Waals surface area contributed by atoms with Gasteiger partial charge in [0.1, 0.15) is 91.6 Å². The summed E-state index contributed by atoms with van der Waals surface area (Å²) in [4.78, 5) is 12.3. The smallest absolute Gasteiger partial charge is 0.157 e. The van der Waals surface area contributed by atoms with Crippen LogP contribution in [0, 0.1) is 11.8 Å². The number of aliphatic hydroxyl groups is 24. The van der Waals surface area contributed by atoms with Gasteiger partial charge in [0.25, 0.3) is 0 Å². The Morgan fingerprint density at radius 1 is 0.490 bits per heavy atom. The summed E-state index contributed by atoms with van der Waals surface area (Å²) in [5, 5.41) is 257. The maximum absolute atomic E-state index is 12.3. The summed E-state index contributed by atoms with van der Waals surface area (Å²) < 4.78 is 11.4. The van der Waals surface area contributed by atoms with E-state index in [1.54, 1.807) is 12.2 Å². The van der Waals surface area contributed by atoms with Gasteiger partial charge in [-0.2, -0.15) is 0 Å². The number of ketones is 1. The molecule has 0 radical (unpaired) electrons. The van der Waals surface area contributed by atoms with Crippen molar-refractivity contribution < 1.29 is 137 Å². The number of allylic oxidation sites excluding steroid dienone is 6. The third-order valence-corrected chi connectivity index (χ3v) is 19.3. The van der Waals surface area contributed by atoms with Gasteiger partial charge in [-0.15, -0.1) is 6.58 Å². The van der Waals surface area contributed by atoms with E-state index in [2.05, 4.69) is 13.2 Å². The topological polar surface area (TPSA) is 521 Å². The van der Waals surface area contributed by atoms with Crippen LogP contribution in [0.2, 0.25) is 0 Å². The average molecular weight is 1440 g/mol. The van der Waals surface area contributed by atoms with Gasteiger partial charge in [-0.25, -0.2) is 0 Å². The van der Waals surface area contributed by atoms with E-state index in [9.17, 15) is 122 Å². The van der Waals surface area contributed by atoms with Gasteiger partial charge in [0.05, 0.1) is 79.9 Å². The lowest BCUT2D eigenvalue weighted by atomic mass is 9.86. The number of aliphatic hydroxyl groups excluding tert-OH is 24. The highest BCUT2D eigenvalue weighted by Gasteiger charge is 2.50.